The molecule has 7 nitrogen and oxygen atoms in total. The molecule has 3 heterocycles. The monoisotopic (exact) mass is 448 g/mol. The van der Waals surface area contributed by atoms with Crippen molar-refractivity contribution in [3.05, 3.63) is 50.5 Å². The largest absolute Gasteiger partial charge is 0.352 e. The van der Waals surface area contributed by atoms with E-state index in [1.165, 1.54) is 32.4 Å². The number of nitrogens with one attached hydrogen (secondary N) is 2. The number of rotatable bonds is 8. The van der Waals surface area contributed by atoms with Gasteiger partial charge in [0.2, 0.25) is 5.95 Å². The molecule has 0 bridgehead atoms. The Morgan fingerprint density at radius 3 is 2.67 bits per heavy atom. The smallest absolute Gasteiger partial charge is 0.278 e. The van der Waals surface area contributed by atoms with E-state index in [0.717, 1.165) is 31.5 Å². The second-order valence-electron chi connectivity index (χ2n) is 7.74. The van der Waals surface area contributed by atoms with Gasteiger partial charge in [0.25, 0.3) is 5.56 Å². The Kier molecular flexibility index (Phi) is 6.92. The summed E-state index contributed by atoms with van der Waals surface area (Å²) in [5.41, 5.74) is 1.72. The van der Waals surface area contributed by atoms with Gasteiger partial charge in [-0.3, -0.25) is 9.78 Å². The maximum absolute atomic E-state index is 12.6. The molecule has 0 spiro atoms. The number of fused-ring (bicyclic) bond motifs is 1. The lowest BCUT2D eigenvalue weighted by Crippen LogP contribution is -2.30. The molecule has 2 aromatic heterocycles. The number of hydrogen-bond acceptors (Lipinski definition) is 5. The van der Waals surface area contributed by atoms with E-state index in [-0.39, 0.29) is 5.56 Å². The van der Waals surface area contributed by atoms with Crippen LogP contribution in [0.1, 0.15) is 37.7 Å². The van der Waals surface area contributed by atoms with Crippen molar-refractivity contribution in [1.29, 1.82) is 0 Å². The molecule has 9 heteroatoms. The summed E-state index contributed by atoms with van der Waals surface area (Å²) in [4.78, 5) is 26.8. The standard InChI is InChI=1S/C21H26Cl2N6O/c22-16-7-6-15(12-17(16)23)13-24-21-26-19-18(20(30)27-21)29(14-25-19)11-5-4-10-28-8-2-1-3-9-28/h6-7,12,14H,1-5,8-11,13H2,(H2,24,26,27,30). The van der Waals surface area contributed by atoms with Crippen LogP contribution in [0.2, 0.25) is 10.0 Å². The quantitative estimate of drug-likeness (QED) is 0.502. The number of piperidine rings is 1. The summed E-state index contributed by atoms with van der Waals surface area (Å²) in [7, 11) is 0. The lowest BCUT2D eigenvalue weighted by Gasteiger charge is -2.26. The predicted octanol–water partition coefficient (Wildman–Crippen LogP) is 4.30. The van der Waals surface area contributed by atoms with Crippen molar-refractivity contribution >= 4 is 40.3 Å². The zero-order valence-electron chi connectivity index (χ0n) is 16.8. The van der Waals surface area contributed by atoms with Crippen LogP contribution in [-0.4, -0.2) is 44.1 Å². The Balaban J connectivity index is 1.36. The molecule has 3 aromatic rings. The van der Waals surface area contributed by atoms with Crippen LogP contribution in [0.15, 0.2) is 29.3 Å². The molecule has 2 N–H and O–H groups in total. The number of nitrogens with zero attached hydrogens (tertiary/aromatic N) is 4. The van der Waals surface area contributed by atoms with Crippen molar-refractivity contribution in [2.75, 3.05) is 25.0 Å². The Labute approximate surface area is 185 Å². The number of anilines is 1. The summed E-state index contributed by atoms with van der Waals surface area (Å²) >= 11 is 12.0. The minimum Gasteiger partial charge on any atom is -0.352 e. The molecule has 0 saturated carbocycles. The minimum atomic E-state index is -0.190. The van der Waals surface area contributed by atoms with E-state index in [2.05, 4.69) is 25.2 Å². The van der Waals surface area contributed by atoms with Crippen molar-refractivity contribution in [2.45, 2.75) is 45.2 Å². The van der Waals surface area contributed by atoms with Gasteiger partial charge in [-0.15, -0.1) is 0 Å². The summed E-state index contributed by atoms with van der Waals surface area (Å²) in [6, 6.07) is 5.40. The number of aromatic amines is 1. The van der Waals surface area contributed by atoms with E-state index in [9.17, 15) is 4.79 Å². The number of aryl methyl sites for hydroxylation is 1. The van der Waals surface area contributed by atoms with Crippen molar-refractivity contribution in [3.8, 4) is 0 Å². The van der Waals surface area contributed by atoms with Crippen LogP contribution in [0.4, 0.5) is 5.95 Å². The Bertz CT molecular complexity index is 1060. The van der Waals surface area contributed by atoms with E-state index in [4.69, 9.17) is 23.2 Å². The molecular formula is C21H26Cl2N6O. The van der Waals surface area contributed by atoms with Gasteiger partial charge in [-0.1, -0.05) is 35.7 Å². The van der Waals surface area contributed by atoms with Crippen LogP contribution in [0.3, 0.4) is 0 Å². The van der Waals surface area contributed by atoms with Gasteiger partial charge in [0, 0.05) is 13.1 Å². The molecule has 1 aliphatic heterocycles. The zero-order valence-corrected chi connectivity index (χ0v) is 18.3. The van der Waals surface area contributed by atoms with E-state index in [0.29, 0.717) is 33.7 Å². The Morgan fingerprint density at radius 2 is 1.87 bits per heavy atom. The fourth-order valence-electron chi connectivity index (χ4n) is 3.88. The van der Waals surface area contributed by atoms with E-state index in [1.54, 1.807) is 18.5 Å². The SMILES string of the molecule is O=c1[nH]c(NCc2ccc(Cl)c(Cl)c2)nc2ncn(CCCCN3CCCCC3)c12. The molecule has 1 fully saturated rings. The summed E-state index contributed by atoms with van der Waals surface area (Å²) in [6.45, 7) is 4.79. The number of likely N-dealkylation sites (tertiary alicyclic amines) is 1. The zero-order chi connectivity index (χ0) is 20.9. The normalized spacial score (nSPS) is 15.0. The average molecular weight is 449 g/mol. The van der Waals surface area contributed by atoms with Gasteiger partial charge in [-0.2, -0.15) is 4.98 Å². The van der Waals surface area contributed by atoms with Crippen LogP contribution in [0.25, 0.3) is 11.2 Å². The molecule has 1 aromatic carbocycles. The van der Waals surface area contributed by atoms with Crippen molar-refractivity contribution < 1.29 is 0 Å². The van der Waals surface area contributed by atoms with Gasteiger partial charge in [-0.05, 0) is 63.0 Å². The lowest BCUT2D eigenvalue weighted by atomic mass is 10.1. The highest BCUT2D eigenvalue weighted by Gasteiger charge is 2.12. The second kappa shape index (κ2) is 9.81. The first-order valence-electron chi connectivity index (χ1n) is 10.5. The minimum absolute atomic E-state index is 0.190. The summed E-state index contributed by atoms with van der Waals surface area (Å²) in [6.07, 6.45) is 7.82. The number of benzene rings is 1. The van der Waals surface area contributed by atoms with Crippen molar-refractivity contribution in [2.24, 2.45) is 0 Å². The molecule has 1 saturated heterocycles. The van der Waals surface area contributed by atoms with Crippen LogP contribution < -0.4 is 10.9 Å². The number of H-pyrrole nitrogens is 1. The highest BCUT2D eigenvalue weighted by atomic mass is 35.5. The molecule has 30 heavy (non-hydrogen) atoms. The molecular weight excluding hydrogens is 423 g/mol. The molecule has 0 radical (unpaired) electrons. The fourth-order valence-corrected chi connectivity index (χ4v) is 4.20. The number of unbranched alkanes of at least 4 members (excludes halogenated alkanes) is 1. The van der Waals surface area contributed by atoms with E-state index >= 15 is 0 Å². The molecule has 0 amide bonds. The highest BCUT2D eigenvalue weighted by Crippen LogP contribution is 2.23. The molecule has 0 atom stereocenters. The maximum atomic E-state index is 12.6. The van der Waals surface area contributed by atoms with E-state index in [1.807, 2.05) is 10.6 Å². The topological polar surface area (TPSA) is 78.8 Å². The van der Waals surface area contributed by atoms with Gasteiger partial charge in [-0.25, -0.2) is 4.98 Å². The summed E-state index contributed by atoms with van der Waals surface area (Å²) < 4.78 is 1.90. The number of aromatic nitrogens is 4. The first-order chi connectivity index (χ1) is 14.6. The maximum Gasteiger partial charge on any atom is 0.278 e. The average Bonchev–Trinajstić information content (AvgIpc) is 3.16. The third kappa shape index (κ3) is 5.14. The molecule has 160 valence electrons. The lowest BCUT2D eigenvalue weighted by molar-refractivity contribution is 0.223. The van der Waals surface area contributed by atoms with Crippen LogP contribution in [0, 0.1) is 0 Å². The van der Waals surface area contributed by atoms with E-state index < -0.39 is 0 Å². The van der Waals surface area contributed by atoms with Gasteiger partial charge in [0.15, 0.2) is 11.2 Å². The second-order valence-corrected chi connectivity index (χ2v) is 8.55. The first-order valence-corrected chi connectivity index (χ1v) is 11.2. The number of imidazole rings is 1. The third-order valence-electron chi connectivity index (χ3n) is 5.50. The fraction of sp³-hybridized carbons (Fsp3) is 0.476. The van der Waals surface area contributed by atoms with Gasteiger partial charge in [0.1, 0.15) is 0 Å². The predicted molar refractivity (Wildman–Crippen MR) is 121 cm³/mol. The van der Waals surface area contributed by atoms with Crippen LogP contribution >= 0.6 is 23.2 Å². The number of halogens is 2. The molecule has 0 unspecified atom stereocenters. The molecule has 4 rings (SSSR count). The molecule has 1 aliphatic rings. The van der Waals surface area contributed by atoms with Crippen LogP contribution in [-0.2, 0) is 13.1 Å². The Hall–Kier alpha value is -2.09. The highest BCUT2D eigenvalue weighted by molar-refractivity contribution is 6.42. The number of hydrogen-bond donors (Lipinski definition) is 2. The summed E-state index contributed by atoms with van der Waals surface area (Å²) in [5.74, 6) is 0.383. The van der Waals surface area contributed by atoms with Crippen molar-refractivity contribution in [1.82, 2.24) is 24.4 Å². The summed E-state index contributed by atoms with van der Waals surface area (Å²) in [5, 5.41) is 4.12. The Morgan fingerprint density at radius 1 is 1.07 bits per heavy atom. The van der Waals surface area contributed by atoms with Gasteiger partial charge < -0.3 is 14.8 Å². The van der Waals surface area contributed by atoms with Gasteiger partial charge in [0.05, 0.1) is 16.4 Å². The van der Waals surface area contributed by atoms with Gasteiger partial charge >= 0.3 is 0 Å². The molecule has 0 aliphatic carbocycles. The first kappa shape index (κ1) is 21.2. The third-order valence-corrected chi connectivity index (χ3v) is 6.24. The van der Waals surface area contributed by atoms with Crippen LogP contribution in [0.5, 0.6) is 0 Å². The van der Waals surface area contributed by atoms with Crippen molar-refractivity contribution in [3.63, 3.8) is 0 Å².